The Morgan fingerprint density at radius 1 is 1.16 bits per heavy atom. The van der Waals surface area contributed by atoms with Gasteiger partial charge in [0.25, 0.3) is 0 Å². The Bertz CT molecular complexity index is 517. The molecule has 0 spiro atoms. The molecule has 4 nitrogen and oxygen atoms in total. The minimum absolute atomic E-state index is 0. The van der Waals surface area contributed by atoms with Gasteiger partial charge in [0.1, 0.15) is 5.69 Å². The smallest absolute Gasteiger partial charge is 0.159 e. The Balaban J connectivity index is 0.00000133. The third-order valence-electron chi connectivity index (χ3n) is 3.80. The minimum Gasteiger partial charge on any atom is -0.324 e. The van der Waals surface area contributed by atoms with E-state index in [1.165, 1.54) is 0 Å². The number of hydrogen-bond donors (Lipinski definition) is 1. The SMILES string of the molecule is CC1(n2ccnc2-c2ccccn2)CCNCC1.Cl. The molecule has 0 saturated carbocycles. The average molecular weight is 279 g/mol. The number of piperidine rings is 1. The molecule has 1 saturated heterocycles. The van der Waals surface area contributed by atoms with Crippen LogP contribution in [-0.2, 0) is 5.54 Å². The third-order valence-corrected chi connectivity index (χ3v) is 3.80. The largest absolute Gasteiger partial charge is 0.324 e. The molecule has 1 fully saturated rings. The number of nitrogens with one attached hydrogen (secondary N) is 1. The average Bonchev–Trinajstić information content (AvgIpc) is 2.91. The van der Waals surface area contributed by atoms with E-state index in [1.54, 1.807) is 0 Å². The van der Waals surface area contributed by atoms with Crippen molar-refractivity contribution in [3.05, 3.63) is 36.8 Å². The lowest BCUT2D eigenvalue weighted by Crippen LogP contribution is -2.42. The molecule has 0 aliphatic carbocycles. The molecule has 2 aromatic rings. The van der Waals surface area contributed by atoms with Gasteiger partial charge in [-0.1, -0.05) is 6.07 Å². The first-order valence-corrected chi connectivity index (χ1v) is 6.46. The maximum atomic E-state index is 4.49. The molecule has 3 rings (SSSR count). The highest BCUT2D eigenvalue weighted by atomic mass is 35.5. The van der Waals surface area contributed by atoms with Gasteiger partial charge in [-0.05, 0) is 45.0 Å². The highest BCUT2D eigenvalue weighted by Crippen LogP contribution is 2.30. The molecule has 0 amide bonds. The van der Waals surface area contributed by atoms with Crippen molar-refractivity contribution < 1.29 is 0 Å². The molecule has 2 aromatic heterocycles. The summed E-state index contributed by atoms with van der Waals surface area (Å²) in [7, 11) is 0. The summed E-state index contributed by atoms with van der Waals surface area (Å²) in [5.41, 5.74) is 1.09. The molecule has 0 bridgehead atoms. The summed E-state index contributed by atoms with van der Waals surface area (Å²) in [6, 6.07) is 5.96. The first kappa shape index (κ1) is 14.0. The van der Waals surface area contributed by atoms with Crippen molar-refractivity contribution in [2.75, 3.05) is 13.1 Å². The molecule has 0 radical (unpaired) electrons. The van der Waals surface area contributed by atoms with Crippen molar-refractivity contribution in [2.24, 2.45) is 0 Å². The Morgan fingerprint density at radius 2 is 1.95 bits per heavy atom. The Labute approximate surface area is 119 Å². The molecule has 0 aromatic carbocycles. The van der Waals surface area contributed by atoms with Crippen LogP contribution in [0, 0.1) is 0 Å². The predicted octanol–water partition coefficient (Wildman–Crippen LogP) is 2.47. The molecular formula is C14H19ClN4. The van der Waals surface area contributed by atoms with Gasteiger partial charge in [0.15, 0.2) is 5.82 Å². The van der Waals surface area contributed by atoms with Crippen molar-refractivity contribution in [1.82, 2.24) is 19.9 Å². The van der Waals surface area contributed by atoms with Gasteiger partial charge in [0.2, 0.25) is 0 Å². The van der Waals surface area contributed by atoms with Crippen LogP contribution < -0.4 is 5.32 Å². The lowest BCUT2D eigenvalue weighted by atomic mass is 9.90. The van der Waals surface area contributed by atoms with Crippen LogP contribution in [0.1, 0.15) is 19.8 Å². The number of nitrogens with zero attached hydrogens (tertiary/aromatic N) is 3. The summed E-state index contributed by atoms with van der Waals surface area (Å²) in [6.45, 7) is 4.44. The van der Waals surface area contributed by atoms with E-state index in [-0.39, 0.29) is 17.9 Å². The van der Waals surface area contributed by atoms with Gasteiger partial charge in [-0.2, -0.15) is 0 Å². The summed E-state index contributed by atoms with van der Waals surface area (Å²) < 4.78 is 2.29. The van der Waals surface area contributed by atoms with E-state index in [1.807, 2.05) is 30.6 Å². The van der Waals surface area contributed by atoms with E-state index < -0.39 is 0 Å². The topological polar surface area (TPSA) is 42.7 Å². The number of halogens is 1. The second-order valence-corrected chi connectivity index (χ2v) is 5.08. The predicted molar refractivity (Wildman–Crippen MR) is 78.5 cm³/mol. The zero-order valence-electron chi connectivity index (χ0n) is 11.0. The lowest BCUT2D eigenvalue weighted by Gasteiger charge is -2.36. The maximum absolute atomic E-state index is 4.49. The van der Waals surface area contributed by atoms with Crippen LogP contribution in [0.4, 0.5) is 0 Å². The minimum atomic E-state index is 0. The summed E-state index contributed by atoms with van der Waals surface area (Å²) in [4.78, 5) is 8.90. The molecule has 1 aliphatic rings. The quantitative estimate of drug-likeness (QED) is 0.918. The molecule has 1 N–H and O–H groups in total. The lowest BCUT2D eigenvalue weighted by molar-refractivity contribution is 0.233. The normalized spacial score (nSPS) is 17.7. The fourth-order valence-corrected chi connectivity index (χ4v) is 2.63. The zero-order chi connectivity index (χ0) is 12.4. The van der Waals surface area contributed by atoms with Crippen molar-refractivity contribution in [3.8, 4) is 11.5 Å². The van der Waals surface area contributed by atoms with E-state index >= 15 is 0 Å². The first-order chi connectivity index (χ1) is 8.80. The van der Waals surface area contributed by atoms with Gasteiger partial charge in [-0.25, -0.2) is 4.98 Å². The number of hydrogen-bond acceptors (Lipinski definition) is 3. The summed E-state index contributed by atoms with van der Waals surface area (Å²) in [5, 5.41) is 3.41. The van der Waals surface area contributed by atoms with E-state index in [0.29, 0.717) is 0 Å². The first-order valence-electron chi connectivity index (χ1n) is 6.46. The fourth-order valence-electron chi connectivity index (χ4n) is 2.63. The van der Waals surface area contributed by atoms with Gasteiger partial charge in [-0.3, -0.25) is 4.98 Å². The highest BCUT2D eigenvalue weighted by molar-refractivity contribution is 5.85. The van der Waals surface area contributed by atoms with Gasteiger partial charge in [0, 0.05) is 24.1 Å². The molecule has 19 heavy (non-hydrogen) atoms. The third kappa shape index (κ3) is 2.65. The van der Waals surface area contributed by atoms with Crippen LogP contribution in [0.5, 0.6) is 0 Å². The molecule has 1 aliphatic heterocycles. The summed E-state index contributed by atoms with van der Waals surface area (Å²) >= 11 is 0. The monoisotopic (exact) mass is 278 g/mol. The van der Waals surface area contributed by atoms with Crippen LogP contribution in [0.25, 0.3) is 11.5 Å². The van der Waals surface area contributed by atoms with Crippen molar-refractivity contribution >= 4 is 12.4 Å². The van der Waals surface area contributed by atoms with Crippen LogP contribution >= 0.6 is 12.4 Å². The number of imidazole rings is 1. The Hall–Kier alpha value is -1.39. The van der Waals surface area contributed by atoms with Crippen LogP contribution in [0.15, 0.2) is 36.8 Å². The van der Waals surface area contributed by atoms with Crippen LogP contribution in [0.2, 0.25) is 0 Å². The fraction of sp³-hybridized carbons (Fsp3) is 0.429. The Morgan fingerprint density at radius 3 is 2.63 bits per heavy atom. The summed E-state index contributed by atoms with van der Waals surface area (Å²) in [6.07, 6.45) is 8.03. The van der Waals surface area contributed by atoms with Crippen LogP contribution in [0.3, 0.4) is 0 Å². The van der Waals surface area contributed by atoms with Gasteiger partial charge < -0.3 is 9.88 Å². The van der Waals surface area contributed by atoms with E-state index in [4.69, 9.17) is 0 Å². The second kappa shape index (κ2) is 5.72. The van der Waals surface area contributed by atoms with E-state index in [2.05, 4.69) is 33.0 Å². The van der Waals surface area contributed by atoms with Gasteiger partial charge >= 0.3 is 0 Å². The van der Waals surface area contributed by atoms with Crippen molar-refractivity contribution in [1.29, 1.82) is 0 Å². The Kier molecular flexibility index (Phi) is 4.22. The standard InChI is InChI=1S/C14H18N4.ClH/c1-14(5-8-15-9-6-14)18-11-10-17-13(18)12-4-2-3-7-16-12;/h2-4,7,10-11,15H,5-6,8-9H2,1H3;1H. The molecule has 5 heteroatoms. The van der Waals surface area contributed by atoms with Crippen LogP contribution in [-0.4, -0.2) is 27.6 Å². The zero-order valence-corrected chi connectivity index (χ0v) is 11.9. The van der Waals surface area contributed by atoms with Gasteiger partial charge in [0.05, 0.1) is 0 Å². The highest BCUT2D eigenvalue weighted by Gasteiger charge is 2.30. The molecule has 0 unspecified atom stereocenters. The number of pyridine rings is 1. The molecule has 0 atom stereocenters. The number of aromatic nitrogens is 3. The molecular weight excluding hydrogens is 260 g/mol. The molecule has 102 valence electrons. The van der Waals surface area contributed by atoms with E-state index in [0.717, 1.165) is 37.4 Å². The summed E-state index contributed by atoms with van der Waals surface area (Å²) in [5.74, 6) is 0.972. The second-order valence-electron chi connectivity index (χ2n) is 5.08. The van der Waals surface area contributed by atoms with Crippen molar-refractivity contribution in [2.45, 2.75) is 25.3 Å². The van der Waals surface area contributed by atoms with E-state index in [9.17, 15) is 0 Å². The van der Waals surface area contributed by atoms with Gasteiger partial charge in [-0.15, -0.1) is 12.4 Å². The van der Waals surface area contributed by atoms with Crippen molar-refractivity contribution in [3.63, 3.8) is 0 Å². The molecule has 3 heterocycles. The maximum Gasteiger partial charge on any atom is 0.159 e. The number of rotatable bonds is 2.